The average Bonchev–Trinajstić information content (AvgIpc) is 2.74. The monoisotopic (exact) mass is 301 g/mol. The molecule has 1 aliphatic rings. The lowest BCUT2D eigenvalue weighted by Crippen LogP contribution is -2.31. The molecule has 1 fully saturated rings. The van der Waals surface area contributed by atoms with Crippen LogP contribution in [0.25, 0.3) is 0 Å². The molecule has 1 aromatic rings. The molecule has 1 aromatic heterocycles. The van der Waals surface area contributed by atoms with Crippen molar-refractivity contribution in [3.05, 3.63) is 16.1 Å². The summed E-state index contributed by atoms with van der Waals surface area (Å²) in [6, 6.07) is 0. The zero-order valence-electron chi connectivity index (χ0n) is 11.3. The Kier molecular flexibility index (Phi) is 4.40. The van der Waals surface area contributed by atoms with E-state index >= 15 is 0 Å². The number of aromatic nitrogens is 1. The van der Waals surface area contributed by atoms with Gasteiger partial charge in [0.15, 0.2) is 0 Å². The number of thiazole rings is 1. The van der Waals surface area contributed by atoms with Crippen molar-refractivity contribution < 1.29 is 13.2 Å². The fourth-order valence-corrected chi connectivity index (χ4v) is 4.56. The molecule has 0 N–H and O–H groups in total. The quantitative estimate of drug-likeness (QED) is 0.855. The van der Waals surface area contributed by atoms with Crippen LogP contribution in [0.3, 0.4) is 0 Å². The van der Waals surface area contributed by atoms with Gasteiger partial charge >= 0.3 is 0 Å². The summed E-state index contributed by atoms with van der Waals surface area (Å²) in [5, 5.41) is 2.43. The van der Waals surface area contributed by atoms with Gasteiger partial charge in [-0.05, 0) is 26.2 Å². The van der Waals surface area contributed by atoms with E-state index in [1.165, 1.54) is 17.6 Å². The fourth-order valence-electron chi connectivity index (χ4n) is 2.60. The first-order valence-corrected chi connectivity index (χ1v) is 9.32. The molecule has 1 saturated carbocycles. The highest BCUT2D eigenvalue weighted by molar-refractivity contribution is 7.91. The van der Waals surface area contributed by atoms with Crippen molar-refractivity contribution in [1.29, 1.82) is 0 Å². The summed E-state index contributed by atoms with van der Waals surface area (Å²) in [4.78, 5) is 16.5. The first-order valence-electron chi connectivity index (χ1n) is 6.49. The number of aryl methyl sites for hydroxylation is 1. The van der Waals surface area contributed by atoms with E-state index in [1.807, 2.05) is 12.3 Å². The maximum absolute atomic E-state index is 12.2. The Hall–Kier alpha value is -0.750. The number of Topliss-reactive ketones (excluding diaryl/α,β-unsaturated/α-hetero) is 1. The van der Waals surface area contributed by atoms with Crippen LogP contribution in [0.2, 0.25) is 0 Å². The molecule has 106 valence electrons. The van der Waals surface area contributed by atoms with Crippen molar-refractivity contribution in [1.82, 2.24) is 4.98 Å². The molecule has 0 radical (unpaired) electrons. The highest BCUT2D eigenvalue weighted by Gasteiger charge is 2.32. The Bertz CT molecular complexity index is 562. The third-order valence-electron chi connectivity index (χ3n) is 3.68. The van der Waals surface area contributed by atoms with Crippen LogP contribution in [0.5, 0.6) is 0 Å². The van der Waals surface area contributed by atoms with Crippen LogP contribution in [-0.4, -0.2) is 30.7 Å². The van der Waals surface area contributed by atoms with E-state index in [-0.39, 0.29) is 17.0 Å². The van der Waals surface area contributed by atoms with Gasteiger partial charge in [0.1, 0.15) is 20.6 Å². The first-order chi connectivity index (χ1) is 8.86. The third-order valence-corrected chi connectivity index (χ3v) is 6.28. The van der Waals surface area contributed by atoms with Gasteiger partial charge in [-0.15, -0.1) is 11.3 Å². The van der Waals surface area contributed by atoms with Crippen molar-refractivity contribution in [2.24, 2.45) is 5.92 Å². The average molecular weight is 301 g/mol. The van der Waals surface area contributed by atoms with Crippen molar-refractivity contribution >= 4 is 27.0 Å². The fraction of sp³-hybridized carbons (Fsp3) is 0.692. The number of hydrogen-bond donors (Lipinski definition) is 0. The molecule has 6 heteroatoms. The molecule has 0 aliphatic heterocycles. The van der Waals surface area contributed by atoms with Gasteiger partial charge < -0.3 is 0 Å². The third kappa shape index (κ3) is 3.86. The Morgan fingerprint density at radius 3 is 2.79 bits per heavy atom. The molecule has 0 amide bonds. The second-order valence-electron chi connectivity index (χ2n) is 5.34. The van der Waals surface area contributed by atoms with E-state index in [1.54, 1.807) is 0 Å². The van der Waals surface area contributed by atoms with Crippen LogP contribution in [0.4, 0.5) is 0 Å². The van der Waals surface area contributed by atoms with E-state index in [9.17, 15) is 13.2 Å². The predicted molar refractivity (Wildman–Crippen MR) is 76.2 cm³/mol. The van der Waals surface area contributed by atoms with Crippen molar-refractivity contribution in [3.63, 3.8) is 0 Å². The SMILES string of the molecule is Cc1csc(CC(=O)C2CCCC(S(C)(=O)=O)C2)n1. The van der Waals surface area contributed by atoms with E-state index in [2.05, 4.69) is 4.98 Å². The van der Waals surface area contributed by atoms with Gasteiger partial charge in [-0.25, -0.2) is 13.4 Å². The number of sulfone groups is 1. The van der Waals surface area contributed by atoms with Gasteiger partial charge in [0.25, 0.3) is 0 Å². The number of hydrogen-bond acceptors (Lipinski definition) is 5. The lowest BCUT2D eigenvalue weighted by molar-refractivity contribution is -0.123. The largest absolute Gasteiger partial charge is 0.299 e. The normalized spacial score (nSPS) is 24.3. The number of carbonyl (C=O) groups excluding carboxylic acids is 1. The summed E-state index contributed by atoms with van der Waals surface area (Å²) in [6.45, 7) is 1.91. The molecule has 2 unspecified atom stereocenters. The van der Waals surface area contributed by atoms with Gasteiger partial charge in [0, 0.05) is 23.2 Å². The maximum Gasteiger partial charge on any atom is 0.150 e. The van der Waals surface area contributed by atoms with Gasteiger partial charge in [0.2, 0.25) is 0 Å². The summed E-state index contributed by atoms with van der Waals surface area (Å²) in [7, 11) is -3.03. The summed E-state index contributed by atoms with van der Waals surface area (Å²) in [5.74, 6) is 0.0281. The number of rotatable bonds is 4. The van der Waals surface area contributed by atoms with E-state index in [0.29, 0.717) is 19.3 Å². The van der Waals surface area contributed by atoms with Gasteiger partial charge in [-0.1, -0.05) is 6.42 Å². The second-order valence-corrected chi connectivity index (χ2v) is 8.61. The minimum atomic E-state index is -3.03. The highest BCUT2D eigenvalue weighted by atomic mass is 32.2. The minimum absolute atomic E-state index is 0.113. The Labute approximate surface area is 118 Å². The molecule has 0 saturated heterocycles. The van der Waals surface area contributed by atoms with Crippen LogP contribution < -0.4 is 0 Å². The molecule has 0 aromatic carbocycles. The molecule has 0 bridgehead atoms. The minimum Gasteiger partial charge on any atom is -0.299 e. The van der Waals surface area contributed by atoms with Crippen LogP contribution >= 0.6 is 11.3 Å². The molecule has 2 atom stereocenters. The lowest BCUT2D eigenvalue weighted by Gasteiger charge is -2.26. The highest BCUT2D eigenvalue weighted by Crippen LogP contribution is 2.30. The summed E-state index contributed by atoms with van der Waals surface area (Å²) in [5.41, 5.74) is 0.936. The predicted octanol–water partition coefficient (Wildman–Crippen LogP) is 2.17. The van der Waals surface area contributed by atoms with Gasteiger partial charge in [0.05, 0.1) is 11.7 Å². The molecule has 19 heavy (non-hydrogen) atoms. The van der Waals surface area contributed by atoms with Crippen molar-refractivity contribution in [2.75, 3.05) is 6.26 Å². The standard InChI is InChI=1S/C13H19NO3S2/c1-9-8-18-13(14-9)7-12(15)10-4-3-5-11(6-10)19(2,16)17/h8,10-11H,3-7H2,1-2H3. The second kappa shape index (κ2) is 5.71. The smallest absolute Gasteiger partial charge is 0.150 e. The Balaban J connectivity index is 1.99. The Morgan fingerprint density at radius 1 is 1.47 bits per heavy atom. The summed E-state index contributed by atoms with van der Waals surface area (Å²) in [6.07, 6.45) is 4.44. The molecule has 4 nitrogen and oxygen atoms in total. The molecular formula is C13H19NO3S2. The van der Waals surface area contributed by atoms with E-state index in [4.69, 9.17) is 0 Å². The van der Waals surface area contributed by atoms with Gasteiger partial charge in [-0.2, -0.15) is 0 Å². The van der Waals surface area contributed by atoms with E-state index < -0.39 is 9.84 Å². The zero-order chi connectivity index (χ0) is 14.0. The maximum atomic E-state index is 12.2. The molecule has 2 rings (SSSR count). The van der Waals surface area contributed by atoms with Crippen LogP contribution in [0.1, 0.15) is 36.4 Å². The van der Waals surface area contributed by atoms with Crippen LogP contribution in [0.15, 0.2) is 5.38 Å². The zero-order valence-corrected chi connectivity index (χ0v) is 12.9. The number of nitrogens with zero attached hydrogens (tertiary/aromatic N) is 1. The number of carbonyl (C=O) groups is 1. The topological polar surface area (TPSA) is 64.1 Å². The van der Waals surface area contributed by atoms with Crippen molar-refractivity contribution in [3.8, 4) is 0 Å². The molecule has 1 heterocycles. The molecule has 1 aliphatic carbocycles. The number of ketones is 1. The molecule has 0 spiro atoms. The Morgan fingerprint density at radius 2 is 2.21 bits per heavy atom. The summed E-state index contributed by atoms with van der Waals surface area (Å²) < 4.78 is 23.2. The van der Waals surface area contributed by atoms with Crippen LogP contribution in [-0.2, 0) is 21.1 Å². The summed E-state index contributed by atoms with van der Waals surface area (Å²) >= 11 is 1.50. The van der Waals surface area contributed by atoms with Crippen LogP contribution in [0, 0.1) is 12.8 Å². The van der Waals surface area contributed by atoms with Crippen molar-refractivity contribution in [2.45, 2.75) is 44.3 Å². The lowest BCUT2D eigenvalue weighted by atomic mass is 9.85. The van der Waals surface area contributed by atoms with Gasteiger partial charge in [-0.3, -0.25) is 4.79 Å². The molecular weight excluding hydrogens is 282 g/mol. The van der Waals surface area contributed by atoms with E-state index in [0.717, 1.165) is 23.5 Å². The first kappa shape index (κ1) is 14.7.